The summed E-state index contributed by atoms with van der Waals surface area (Å²) in [6.45, 7) is 0.295. The van der Waals surface area contributed by atoms with E-state index in [4.69, 9.17) is 0 Å². The maximum absolute atomic E-state index is 12.6. The van der Waals surface area contributed by atoms with Gasteiger partial charge in [0.1, 0.15) is 0 Å². The number of benzene rings is 2. The van der Waals surface area contributed by atoms with Crippen molar-refractivity contribution >= 4 is 5.91 Å². The first-order valence-corrected chi connectivity index (χ1v) is 8.28. The lowest BCUT2D eigenvalue weighted by atomic mass is 9.93. The van der Waals surface area contributed by atoms with E-state index in [1.54, 1.807) is 0 Å². The van der Waals surface area contributed by atoms with Crippen LogP contribution in [-0.2, 0) is 11.2 Å². The van der Waals surface area contributed by atoms with E-state index in [-0.39, 0.29) is 11.8 Å². The van der Waals surface area contributed by atoms with Crippen LogP contribution >= 0.6 is 0 Å². The number of amides is 1. The molecule has 1 amide bonds. The average molecular weight is 309 g/mol. The molecule has 2 aromatic rings. The number of hydrogen-bond donors (Lipinski definition) is 2. The Morgan fingerprint density at radius 2 is 1.65 bits per heavy atom. The third-order valence-corrected chi connectivity index (χ3v) is 4.36. The van der Waals surface area contributed by atoms with Gasteiger partial charge in [-0.2, -0.15) is 0 Å². The molecule has 3 rings (SSSR count). The van der Waals surface area contributed by atoms with E-state index in [2.05, 4.69) is 5.32 Å². The number of rotatable bonds is 7. The van der Waals surface area contributed by atoms with E-state index in [0.29, 0.717) is 18.9 Å². The number of aliphatic hydroxyl groups is 1. The summed E-state index contributed by atoms with van der Waals surface area (Å²) in [7, 11) is 0. The van der Waals surface area contributed by atoms with Crippen molar-refractivity contribution in [2.75, 3.05) is 6.54 Å². The second kappa shape index (κ2) is 7.42. The molecule has 0 aliphatic heterocycles. The van der Waals surface area contributed by atoms with Crippen LogP contribution in [0.1, 0.15) is 29.9 Å². The van der Waals surface area contributed by atoms with Gasteiger partial charge in [0.15, 0.2) is 0 Å². The minimum absolute atomic E-state index is 0.0332. The van der Waals surface area contributed by atoms with Crippen LogP contribution in [0.4, 0.5) is 0 Å². The minimum Gasteiger partial charge on any atom is -0.391 e. The van der Waals surface area contributed by atoms with E-state index >= 15 is 0 Å². The van der Waals surface area contributed by atoms with Crippen LogP contribution in [0.25, 0.3) is 0 Å². The van der Waals surface area contributed by atoms with Crippen molar-refractivity contribution < 1.29 is 9.90 Å². The van der Waals surface area contributed by atoms with Crippen LogP contribution in [0.2, 0.25) is 0 Å². The Kier molecular flexibility index (Phi) is 5.09. The van der Waals surface area contributed by atoms with Crippen LogP contribution in [0.5, 0.6) is 0 Å². The first kappa shape index (κ1) is 15.8. The Morgan fingerprint density at radius 3 is 2.26 bits per heavy atom. The molecule has 0 saturated heterocycles. The quantitative estimate of drug-likeness (QED) is 0.826. The molecule has 3 nitrogen and oxygen atoms in total. The molecule has 2 unspecified atom stereocenters. The Hall–Kier alpha value is -2.13. The number of carbonyl (C=O) groups excluding carboxylic acids is 1. The molecule has 2 aromatic carbocycles. The molecule has 2 atom stereocenters. The van der Waals surface area contributed by atoms with E-state index in [9.17, 15) is 9.90 Å². The maximum Gasteiger partial charge on any atom is 0.227 e. The zero-order valence-electron chi connectivity index (χ0n) is 13.2. The molecule has 1 fully saturated rings. The summed E-state index contributed by atoms with van der Waals surface area (Å²) in [6.07, 6.45) is 2.22. The van der Waals surface area contributed by atoms with Gasteiger partial charge in [-0.15, -0.1) is 0 Å². The number of nitrogens with one attached hydrogen (secondary N) is 1. The molecule has 23 heavy (non-hydrogen) atoms. The van der Waals surface area contributed by atoms with Crippen molar-refractivity contribution in [1.29, 1.82) is 0 Å². The van der Waals surface area contributed by atoms with Crippen LogP contribution in [0, 0.1) is 5.92 Å². The summed E-state index contributed by atoms with van der Waals surface area (Å²) >= 11 is 0. The molecule has 120 valence electrons. The van der Waals surface area contributed by atoms with Gasteiger partial charge in [0, 0.05) is 13.0 Å². The summed E-state index contributed by atoms with van der Waals surface area (Å²) in [5, 5.41) is 13.1. The fraction of sp³-hybridized carbons (Fsp3) is 0.350. The monoisotopic (exact) mass is 309 g/mol. The number of hydrogen-bond acceptors (Lipinski definition) is 2. The van der Waals surface area contributed by atoms with Gasteiger partial charge in [0.2, 0.25) is 5.91 Å². The highest BCUT2D eigenvalue weighted by Gasteiger charge is 2.37. The van der Waals surface area contributed by atoms with Gasteiger partial charge < -0.3 is 10.4 Å². The molecule has 0 bridgehead atoms. The number of aliphatic hydroxyl groups excluding tert-OH is 1. The smallest absolute Gasteiger partial charge is 0.227 e. The second-order valence-corrected chi connectivity index (χ2v) is 6.31. The summed E-state index contributed by atoms with van der Waals surface area (Å²) in [5.41, 5.74) is 2.15. The lowest BCUT2D eigenvalue weighted by molar-refractivity contribution is -0.123. The van der Waals surface area contributed by atoms with Gasteiger partial charge in [-0.25, -0.2) is 0 Å². The zero-order chi connectivity index (χ0) is 16.1. The van der Waals surface area contributed by atoms with Crippen molar-refractivity contribution in [2.24, 2.45) is 5.92 Å². The van der Waals surface area contributed by atoms with Crippen LogP contribution in [-0.4, -0.2) is 23.7 Å². The Balaban J connectivity index is 1.55. The van der Waals surface area contributed by atoms with Crippen molar-refractivity contribution in [3.8, 4) is 0 Å². The topological polar surface area (TPSA) is 49.3 Å². The van der Waals surface area contributed by atoms with Crippen LogP contribution < -0.4 is 5.32 Å². The Morgan fingerprint density at radius 1 is 1.04 bits per heavy atom. The minimum atomic E-state index is -0.558. The molecule has 0 heterocycles. The zero-order valence-corrected chi connectivity index (χ0v) is 13.2. The molecule has 3 heteroatoms. The largest absolute Gasteiger partial charge is 0.391 e. The van der Waals surface area contributed by atoms with E-state index in [0.717, 1.165) is 24.0 Å². The second-order valence-electron chi connectivity index (χ2n) is 6.31. The van der Waals surface area contributed by atoms with E-state index in [1.807, 2.05) is 60.7 Å². The highest BCUT2D eigenvalue weighted by Crippen LogP contribution is 2.42. The third kappa shape index (κ3) is 4.42. The first-order valence-electron chi connectivity index (χ1n) is 8.28. The molecule has 0 radical (unpaired) electrons. The fourth-order valence-electron chi connectivity index (χ4n) is 3.01. The molecular formula is C20H23NO2. The van der Waals surface area contributed by atoms with Crippen molar-refractivity contribution in [3.05, 3.63) is 71.8 Å². The van der Waals surface area contributed by atoms with Gasteiger partial charge in [-0.05, 0) is 29.9 Å². The standard InChI is InChI=1S/C20H23NO2/c22-18(13-15-7-3-1-4-8-15)14-21-20(23)19(17-11-12-17)16-9-5-2-6-10-16/h1-10,17-19,22H,11-14H2,(H,21,23). The highest BCUT2D eigenvalue weighted by molar-refractivity contribution is 5.84. The molecular weight excluding hydrogens is 286 g/mol. The summed E-state index contributed by atoms with van der Waals surface area (Å²) in [5.74, 6) is 0.398. The van der Waals surface area contributed by atoms with Crippen LogP contribution in [0.15, 0.2) is 60.7 Å². The summed E-state index contributed by atoms with van der Waals surface area (Å²) in [4.78, 5) is 12.6. The van der Waals surface area contributed by atoms with E-state index < -0.39 is 6.10 Å². The van der Waals surface area contributed by atoms with Crippen LogP contribution in [0.3, 0.4) is 0 Å². The lowest BCUT2D eigenvalue weighted by Crippen LogP contribution is -2.37. The van der Waals surface area contributed by atoms with Gasteiger partial charge in [0.25, 0.3) is 0 Å². The lowest BCUT2D eigenvalue weighted by Gasteiger charge is -2.18. The van der Waals surface area contributed by atoms with Crippen molar-refractivity contribution in [3.63, 3.8) is 0 Å². The van der Waals surface area contributed by atoms with Crippen molar-refractivity contribution in [1.82, 2.24) is 5.32 Å². The molecule has 1 aliphatic carbocycles. The third-order valence-electron chi connectivity index (χ3n) is 4.36. The molecule has 0 spiro atoms. The van der Waals surface area contributed by atoms with Gasteiger partial charge >= 0.3 is 0 Å². The van der Waals surface area contributed by atoms with Crippen molar-refractivity contribution in [2.45, 2.75) is 31.3 Å². The normalized spacial score (nSPS) is 16.6. The average Bonchev–Trinajstić information content (AvgIpc) is 3.40. The summed E-state index contributed by atoms with van der Waals surface area (Å²) in [6, 6.07) is 19.8. The predicted octanol–water partition coefficient (Wildman–Crippen LogP) is 2.90. The Bertz CT molecular complexity index is 623. The SMILES string of the molecule is O=C(NCC(O)Cc1ccccc1)C(c1ccccc1)C1CC1. The highest BCUT2D eigenvalue weighted by atomic mass is 16.3. The molecule has 0 aromatic heterocycles. The maximum atomic E-state index is 12.6. The van der Waals surface area contributed by atoms with Gasteiger partial charge in [-0.1, -0.05) is 60.7 Å². The molecule has 1 saturated carbocycles. The predicted molar refractivity (Wildman–Crippen MR) is 91.1 cm³/mol. The molecule has 1 aliphatic rings. The first-order chi connectivity index (χ1) is 11.2. The fourth-order valence-corrected chi connectivity index (χ4v) is 3.01. The molecule has 2 N–H and O–H groups in total. The Labute approximate surface area is 137 Å². The van der Waals surface area contributed by atoms with Gasteiger partial charge in [0.05, 0.1) is 12.0 Å². The number of carbonyl (C=O) groups is 1. The van der Waals surface area contributed by atoms with Gasteiger partial charge in [-0.3, -0.25) is 4.79 Å². The summed E-state index contributed by atoms with van der Waals surface area (Å²) < 4.78 is 0. The van der Waals surface area contributed by atoms with E-state index in [1.165, 1.54) is 0 Å².